The van der Waals surface area contributed by atoms with Gasteiger partial charge in [-0.15, -0.1) is 0 Å². The maximum absolute atomic E-state index is 10.9. The van der Waals surface area contributed by atoms with E-state index < -0.39 is 37.8 Å². The van der Waals surface area contributed by atoms with Crippen LogP contribution in [0.1, 0.15) is 12.8 Å². The Balaban J connectivity index is 2.67. The maximum Gasteiger partial charge on any atom is 0.328 e. The summed E-state index contributed by atoms with van der Waals surface area (Å²) in [4.78, 5) is 28.3. The fourth-order valence-electron chi connectivity index (χ4n) is 1.98. The molecule has 1 aliphatic rings. The molecule has 1 aliphatic heterocycles. The molecule has 1 saturated heterocycles. The molecule has 0 aliphatic carbocycles. The molecular formula is C8H16NO6P. The van der Waals surface area contributed by atoms with Crippen LogP contribution < -0.4 is 5.32 Å². The van der Waals surface area contributed by atoms with Gasteiger partial charge in [-0.3, -0.25) is 9.36 Å². The van der Waals surface area contributed by atoms with E-state index in [1.54, 1.807) is 0 Å². The Morgan fingerprint density at radius 3 is 2.62 bits per heavy atom. The van der Waals surface area contributed by atoms with E-state index in [1.165, 1.54) is 0 Å². The molecule has 1 heterocycles. The van der Waals surface area contributed by atoms with Crippen LogP contribution in [-0.2, 0) is 9.36 Å². The van der Waals surface area contributed by atoms with Crippen molar-refractivity contribution in [1.82, 2.24) is 5.32 Å². The molecule has 1 unspecified atom stereocenters. The number of aliphatic hydroxyl groups is 1. The van der Waals surface area contributed by atoms with Crippen molar-refractivity contribution in [2.75, 3.05) is 12.7 Å². The minimum absolute atomic E-state index is 0.450. The number of hydrogen-bond acceptors (Lipinski definition) is 4. The highest BCUT2D eigenvalue weighted by Gasteiger charge is 2.37. The highest BCUT2D eigenvalue weighted by molar-refractivity contribution is 7.51. The van der Waals surface area contributed by atoms with Crippen LogP contribution in [-0.4, -0.2) is 50.8 Å². The van der Waals surface area contributed by atoms with Crippen molar-refractivity contribution in [3.05, 3.63) is 0 Å². The van der Waals surface area contributed by atoms with Gasteiger partial charge in [-0.25, -0.2) is 0 Å². The lowest BCUT2D eigenvalue weighted by Crippen LogP contribution is -2.51. The van der Waals surface area contributed by atoms with Gasteiger partial charge in [0.25, 0.3) is 0 Å². The predicted octanol–water partition coefficient (Wildman–Crippen LogP) is -1.02. The van der Waals surface area contributed by atoms with Crippen molar-refractivity contribution in [3.63, 3.8) is 0 Å². The quantitative estimate of drug-likeness (QED) is 0.406. The highest BCUT2D eigenvalue weighted by Crippen LogP contribution is 2.37. The molecule has 3 atom stereocenters. The molecule has 5 N–H and O–H groups in total. The molecule has 0 aromatic heterocycles. The Kier molecular flexibility index (Phi) is 4.46. The van der Waals surface area contributed by atoms with Gasteiger partial charge in [-0.05, 0) is 19.4 Å². The number of aliphatic carboxylic acids is 1. The van der Waals surface area contributed by atoms with Crippen molar-refractivity contribution in [2.45, 2.75) is 25.0 Å². The number of aliphatic hydroxyl groups excluding tert-OH is 1. The smallest absolute Gasteiger partial charge is 0.328 e. The topological polar surface area (TPSA) is 127 Å². The number of nitrogens with one attached hydrogen (secondary N) is 1. The second kappa shape index (κ2) is 5.25. The third-order valence-electron chi connectivity index (χ3n) is 2.69. The van der Waals surface area contributed by atoms with E-state index in [2.05, 4.69) is 5.32 Å². The van der Waals surface area contributed by atoms with Crippen LogP contribution in [0.15, 0.2) is 0 Å². The first-order chi connectivity index (χ1) is 7.31. The molecule has 8 heteroatoms. The zero-order chi connectivity index (χ0) is 12.3. The molecule has 0 bridgehead atoms. The maximum atomic E-state index is 10.9. The van der Waals surface area contributed by atoms with Crippen molar-refractivity contribution in [2.24, 2.45) is 5.92 Å². The van der Waals surface area contributed by atoms with Crippen LogP contribution in [0.25, 0.3) is 0 Å². The zero-order valence-corrected chi connectivity index (χ0v) is 9.51. The lowest BCUT2D eigenvalue weighted by atomic mass is 9.87. The van der Waals surface area contributed by atoms with E-state index in [0.29, 0.717) is 19.4 Å². The second-order valence-corrected chi connectivity index (χ2v) is 5.69. The number of rotatable bonds is 4. The zero-order valence-electron chi connectivity index (χ0n) is 8.61. The van der Waals surface area contributed by atoms with E-state index >= 15 is 0 Å². The number of carbonyl (C=O) groups is 1. The number of piperidine rings is 1. The molecule has 1 fully saturated rings. The number of carboxylic acids is 1. The van der Waals surface area contributed by atoms with Crippen molar-refractivity contribution in [3.8, 4) is 0 Å². The SMILES string of the molecule is O=C(O)[C@H]1NCCC[C@H]1C(O)CP(=O)(O)O. The fourth-order valence-corrected chi connectivity index (χ4v) is 2.74. The van der Waals surface area contributed by atoms with Crippen LogP contribution in [0.2, 0.25) is 0 Å². The van der Waals surface area contributed by atoms with Crippen LogP contribution in [0, 0.1) is 5.92 Å². The third kappa shape index (κ3) is 3.84. The molecule has 0 radical (unpaired) electrons. The number of carboxylic acid groups (broad SMARTS) is 1. The first-order valence-corrected chi connectivity index (χ1v) is 6.80. The monoisotopic (exact) mass is 253 g/mol. The lowest BCUT2D eigenvalue weighted by molar-refractivity contribution is -0.143. The van der Waals surface area contributed by atoms with Crippen molar-refractivity contribution in [1.29, 1.82) is 0 Å². The van der Waals surface area contributed by atoms with Crippen molar-refractivity contribution >= 4 is 13.6 Å². The van der Waals surface area contributed by atoms with Crippen LogP contribution in [0.5, 0.6) is 0 Å². The highest BCUT2D eigenvalue weighted by atomic mass is 31.2. The summed E-state index contributed by atoms with van der Waals surface area (Å²) in [5.74, 6) is -1.76. The molecule has 0 amide bonds. The summed E-state index contributed by atoms with van der Waals surface area (Å²) in [7, 11) is -4.32. The molecular weight excluding hydrogens is 237 g/mol. The summed E-state index contributed by atoms with van der Waals surface area (Å²) < 4.78 is 10.7. The largest absolute Gasteiger partial charge is 0.480 e. The van der Waals surface area contributed by atoms with E-state index in [0.717, 1.165) is 0 Å². The van der Waals surface area contributed by atoms with E-state index in [4.69, 9.17) is 14.9 Å². The predicted molar refractivity (Wildman–Crippen MR) is 55.1 cm³/mol. The van der Waals surface area contributed by atoms with Gasteiger partial charge >= 0.3 is 13.6 Å². The summed E-state index contributed by atoms with van der Waals surface area (Å²) in [6, 6.07) is -0.935. The van der Waals surface area contributed by atoms with E-state index in [9.17, 15) is 14.5 Å². The molecule has 0 spiro atoms. The molecule has 0 aromatic carbocycles. The molecule has 0 aromatic rings. The second-order valence-electron chi connectivity index (χ2n) is 3.99. The van der Waals surface area contributed by atoms with Gasteiger partial charge in [0.1, 0.15) is 6.04 Å². The summed E-state index contributed by atoms with van der Waals surface area (Å²) in [6.07, 6.45) is -0.851. The fraction of sp³-hybridized carbons (Fsp3) is 0.875. The van der Waals surface area contributed by atoms with E-state index in [-0.39, 0.29) is 0 Å². The molecule has 94 valence electrons. The lowest BCUT2D eigenvalue weighted by Gasteiger charge is -2.33. The standard InChI is InChI=1S/C8H16NO6P/c10-6(4-16(13,14)15)5-2-1-3-9-7(5)8(11)12/h5-7,9-10H,1-4H2,(H,11,12)(H2,13,14,15)/t5-,6?,7-/m0/s1. The average Bonchev–Trinajstić information content (AvgIpc) is 2.15. The van der Waals surface area contributed by atoms with Crippen LogP contribution in [0.4, 0.5) is 0 Å². The molecule has 7 nitrogen and oxygen atoms in total. The van der Waals surface area contributed by atoms with Gasteiger partial charge in [-0.2, -0.15) is 0 Å². The molecule has 1 rings (SSSR count). The van der Waals surface area contributed by atoms with E-state index in [1.807, 2.05) is 0 Å². The normalized spacial score (nSPS) is 28.7. The minimum Gasteiger partial charge on any atom is -0.480 e. The summed E-state index contributed by atoms with van der Waals surface area (Å²) in [6.45, 7) is 0.538. The van der Waals surface area contributed by atoms with Gasteiger partial charge < -0.3 is 25.3 Å². The van der Waals surface area contributed by atoms with Crippen LogP contribution >= 0.6 is 7.60 Å². The Morgan fingerprint density at radius 2 is 2.12 bits per heavy atom. The Bertz CT molecular complexity index is 303. The minimum atomic E-state index is -4.32. The average molecular weight is 253 g/mol. The Morgan fingerprint density at radius 1 is 1.50 bits per heavy atom. The Labute approximate surface area is 92.6 Å². The number of hydrogen-bond donors (Lipinski definition) is 5. The summed E-state index contributed by atoms with van der Waals surface area (Å²) in [5, 5.41) is 21.2. The first-order valence-electron chi connectivity index (χ1n) is 5.00. The van der Waals surface area contributed by atoms with Gasteiger partial charge in [0, 0.05) is 5.92 Å². The van der Waals surface area contributed by atoms with Crippen molar-refractivity contribution < 1.29 is 29.4 Å². The van der Waals surface area contributed by atoms with Crippen LogP contribution in [0.3, 0.4) is 0 Å². The summed E-state index contributed by atoms with van der Waals surface area (Å²) in [5.41, 5.74) is 0. The van der Waals surface area contributed by atoms with Gasteiger partial charge in [0.05, 0.1) is 12.3 Å². The summed E-state index contributed by atoms with van der Waals surface area (Å²) >= 11 is 0. The van der Waals surface area contributed by atoms with Gasteiger partial charge in [0.15, 0.2) is 0 Å². The Hall–Kier alpha value is -0.460. The third-order valence-corrected chi connectivity index (χ3v) is 3.54. The van der Waals surface area contributed by atoms with Gasteiger partial charge in [0.2, 0.25) is 0 Å². The van der Waals surface area contributed by atoms with Gasteiger partial charge in [-0.1, -0.05) is 0 Å². The molecule has 16 heavy (non-hydrogen) atoms. The molecule has 0 saturated carbocycles. The first kappa shape index (κ1) is 13.6.